The fourth-order valence-corrected chi connectivity index (χ4v) is 3.31. The molecule has 29 heavy (non-hydrogen) atoms. The molecule has 2 aromatic carbocycles. The number of rotatable bonds is 6. The van der Waals surface area contributed by atoms with Gasteiger partial charge in [0.2, 0.25) is 11.8 Å². The number of nitrogens with one attached hydrogen (secondary N) is 2. The van der Waals surface area contributed by atoms with Crippen molar-refractivity contribution in [2.75, 3.05) is 49.9 Å². The Kier molecular flexibility index (Phi) is 6.95. The minimum Gasteiger partial charge on any atom is -0.325 e. The van der Waals surface area contributed by atoms with Crippen molar-refractivity contribution in [2.24, 2.45) is 0 Å². The van der Waals surface area contributed by atoms with Gasteiger partial charge in [0, 0.05) is 37.6 Å². The van der Waals surface area contributed by atoms with E-state index >= 15 is 0 Å². The van der Waals surface area contributed by atoms with Gasteiger partial charge in [0.05, 0.1) is 13.1 Å². The highest BCUT2D eigenvalue weighted by molar-refractivity contribution is 5.93. The monoisotopic (exact) mass is 398 g/mol. The van der Waals surface area contributed by atoms with Gasteiger partial charge in [-0.1, -0.05) is 12.1 Å². The van der Waals surface area contributed by atoms with Crippen LogP contribution in [0.4, 0.5) is 15.8 Å². The molecule has 1 heterocycles. The summed E-state index contributed by atoms with van der Waals surface area (Å²) in [5.74, 6) is -0.486. The van der Waals surface area contributed by atoms with Crippen molar-refractivity contribution < 1.29 is 14.0 Å². The van der Waals surface area contributed by atoms with Gasteiger partial charge in [-0.2, -0.15) is 0 Å². The maximum absolute atomic E-state index is 12.9. The van der Waals surface area contributed by atoms with Crippen molar-refractivity contribution in [3.05, 3.63) is 59.4 Å². The van der Waals surface area contributed by atoms with Crippen molar-refractivity contribution in [1.82, 2.24) is 9.80 Å². The molecule has 0 bridgehead atoms. The fourth-order valence-electron chi connectivity index (χ4n) is 3.31. The summed E-state index contributed by atoms with van der Waals surface area (Å²) >= 11 is 0. The third kappa shape index (κ3) is 6.37. The van der Waals surface area contributed by atoms with Crippen LogP contribution in [0.5, 0.6) is 0 Å². The first-order valence-electron chi connectivity index (χ1n) is 9.76. The Morgan fingerprint density at radius 3 is 2.00 bits per heavy atom. The number of hydrogen-bond acceptors (Lipinski definition) is 4. The predicted molar refractivity (Wildman–Crippen MR) is 112 cm³/mol. The molecule has 1 aliphatic heterocycles. The lowest BCUT2D eigenvalue weighted by atomic mass is 10.1. The summed E-state index contributed by atoms with van der Waals surface area (Å²) in [5, 5.41) is 5.76. The zero-order chi connectivity index (χ0) is 20.8. The van der Waals surface area contributed by atoms with Gasteiger partial charge in [-0.3, -0.25) is 19.4 Å². The summed E-state index contributed by atoms with van der Waals surface area (Å²) in [6.07, 6.45) is 0. The van der Waals surface area contributed by atoms with Crippen molar-refractivity contribution in [1.29, 1.82) is 0 Å². The van der Waals surface area contributed by atoms with Crippen molar-refractivity contribution in [3.63, 3.8) is 0 Å². The molecule has 1 aliphatic rings. The molecule has 0 atom stereocenters. The molecular weight excluding hydrogens is 371 g/mol. The topological polar surface area (TPSA) is 64.7 Å². The van der Waals surface area contributed by atoms with E-state index in [9.17, 15) is 14.0 Å². The highest BCUT2D eigenvalue weighted by atomic mass is 19.1. The molecule has 0 aromatic heterocycles. The van der Waals surface area contributed by atoms with E-state index in [1.165, 1.54) is 12.1 Å². The van der Waals surface area contributed by atoms with Crippen molar-refractivity contribution in [2.45, 2.75) is 13.8 Å². The number of amides is 2. The van der Waals surface area contributed by atoms with Gasteiger partial charge < -0.3 is 10.6 Å². The second-order valence-electron chi connectivity index (χ2n) is 7.47. The van der Waals surface area contributed by atoms with Crippen LogP contribution in [0, 0.1) is 19.7 Å². The minimum absolute atomic E-state index is 0.0267. The molecule has 154 valence electrons. The van der Waals surface area contributed by atoms with E-state index in [0.29, 0.717) is 25.3 Å². The van der Waals surface area contributed by atoms with Crippen LogP contribution in [-0.4, -0.2) is 60.9 Å². The summed E-state index contributed by atoms with van der Waals surface area (Å²) in [5.41, 5.74) is 3.59. The Balaban J connectivity index is 1.40. The largest absolute Gasteiger partial charge is 0.325 e. The average Bonchev–Trinajstić information content (AvgIpc) is 2.68. The van der Waals surface area contributed by atoms with Crippen LogP contribution in [0.3, 0.4) is 0 Å². The predicted octanol–water partition coefficient (Wildman–Crippen LogP) is 2.64. The Morgan fingerprint density at radius 2 is 1.41 bits per heavy atom. The first-order chi connectivity index (χ1) is 13.9. The van der Waals surface area contributed by atoms with Gasteiger partial charge in [-0.15, -0.1) is 0 Å². The minimum atomic E-state index is -0.333. The molecule has 0 unspecified atom stereocenters. The van der Waals surface area contributed by atoms with E-state index in [0.717, 1.165) is 29.9 Å². The van der Waals surface area contributed by atoms with Crippen LogP contribution in [0.2, 0.25) is 0 Å². The van der Waals surface area contributed by atoms with Gasteiger partial charge in [0.25, 0.3) is 0 Å². The maximum Gasteiger partial charge on any atom is 0.238 e. The Labute approximate surface area is 170 Å². The number of halogens is 1. The van der Waals surface area contributed by atoms with Crippen LogP contribution in [0.1, 0.15) is 11.1 Å². The summed E-state index contributed by atoms with van der Waals surface area (Å²) in [7, 11) is 0. The summed E-state index contributed by atoms with van der Waals surface area (Å²) in [6, 6.07) is 11.7. The number of benzene rings is 2. The first kappa shape index (κ1) is 21.0. The number of carbonyl (C=O) groups excluding carboxylic acids is 2. The fraction of sp³-hybridized carbons (Fsp3) is 0.364. The number of carbonyl (C=O) groups is 2. The Bertz CT molecular complexity index is 862. The number of aryl methyl sites for hydroxylation is 2. The van der Waals surface area contributed by atoms with Crippen LogP contribution in [-0.2, 0) is 9.59 Å². The van der Waals surface area contributed by atoms with E-state index < -0.39 is 0 Å². The summed E-state index contributed by atoms with van der Waals surface area (Å²) in [6.45, 7) is 7.48. The normalized spacial score (nSPS) is 15.1. The molecule has 7 heteroatoms. The highest BCUT2D eigenvalue weighted by Crippen LogP contribution is 2.16. The Morgan fingerprint density at radius 1 is 0.862 bits per heavy atom. The molecule has 6 nitrogen and oxygen atoms in total. The SMILES string of the molecule is Cc1ccc(C)c(NC(=O)CN2CCN(CC(=O)Nc3ccc(F)cc3)CC2)c1. The van der Waals surface area contributed by atoms with Gasteiger partial charge in [0.15, 0.2) is 0 Å². The smallest absolute Gasteiger partial charge is 0.238 e. The maximum atomic E-state index is 12.9. The second-order valence-corrected chi connectivity index (χ2v) is 7.47. The molecule has 0 spiro atoms. The van der Waals surface area contributed by atoms with E-state index in [4.69, 9.17) is 0 Å². The lowest BCUT2D eigenvalue weighted by Crippen LogP contribution is -2.50. The average molecular weight is 398 g/mol. The molecule has 1 fully saturated rings. The lowest BCUT2D eigenvalue weighted by molar-refractivity contribution is -0.120. The molecule has 0 radical (unpaired) electrons. The van der Waals surface area contributed by atoms with Crippen LogP contribution in [0.25, 0.3) is 0 Å². The van der Waals surface area contributed by atoms with Crippen molar-refractivity contribution >= 4 is 23.2 Å². The lowest BCUT2D eigenvalue weighted by Gasteiger charge is -2.33. The van der Waals surface area contributed by atoms with Crippen LogP contribution in [0.15, 0.2) is 42.5 Å². The van der Waals surface area contributed by atoms with Gasteiger partial charge >= 0.3 is 0 Å². The zero-order valence-electron chi connectivity index (χ0n) is 16.9. The molecular formula is C22H27FN4O2. The second kappa shape index (κ2) is 9.62. The number of piperazine rings is 1. The molecule has 3 rings (SSSR count). The quantitative estimate of drug-likeness (QED) is 0.785. The van der Waals surface area contributed by atoms with Crippen molar-refractivity contribution in [3.8, 4) is 0 Å². The molecule has 0 aliphatic carbocycles. The molecule has 1 saturated heterocycles. The van der Waals surface area contributed by atoms with Gasteiger partial charge in [0.1, 0.15) is 5.82 Å². The van der Waals surface area contributed by atoms with E-state index in [2.05, 4.69) is 20.4 Å². The molecule has 2 amide bonds. The highest BCUT2D eigenvalue weighted by Gasteiger charge is 2.21. The summed E-state index contributed by atoms with van der Waals surface area (Å²) < 4.78 is 12.9. The Hall–Kier alpha value is -2.77. The first-order valence-corrected chi connectivity index (χ1v) is 9.76. The van der Waals surface area contributed by atoms with E-state index in [1.807, 2.05) is 32.0 Å². The number of nitrogens with zero attached hydrogens (tertiary/aromatic N) is 2. The third-order valence-corrected chi connectivity index (χ3v) is 4.99. The van der Waals surface area contributed by atoms with Gasteiger partial charge in [-0.25, -0.2) is 4.39 Å². The summed E-state index contributed by atoms with van der Waals surface area (Å²) in [4.78, 5) is 28.7. The van der Waals surface area contributed by atoms with Crippen LogP contribution >= 0.6 is 0 Å². The molecule has 0 saturated carbocycles. The number of hydrogen-bond donors (Lipinski definition) is 2. The zero-order valence-corrected chi connectivity index (χ0v) is 16.9. The van der Waals surface area contributed by atoms with Gasteiger partial charge in [-0.05, 0) is 55.3 Å². The van der Waals surface area contributed by atoms with E-state index in [-0.39, 0.29) is 24.2 Å². The third-order valence-electron chi connectivity index (χ3n) is 4.99. The van der Waals surface area contributed by atoms with E-state index in [1.54, 1.807) is 12.1 Å². The molecule has 2 N–H and O–H groups in total. The number of anilines is 2. The van der Waals surface area contributed by atoms with Crippen LogP contribution < -0.4 is 10.6 Å². The molecule has 2 aromatic rings. The standard InChI is InChI=1S/C22H27FN4O2/c1-16-3-4-17(2)20(13-16)25-22(29)15-27-11-9-26(10-12-27)14-21(28)24-19-7-5-18(23)6-8-19/h3-8,13H,9-12,14-15H2,1-2H3,(H,24,28)(H,25,29).